The van der Waals surface area contributed by atoms with E-state index in [9.17, 15) is 4.79 Å². The average molecular weight is 345 g/mol. The maximum absolute atomic E-state index is 11.4. The molecule has 0 aromatic carbocycles. The van der Waals surface area contributed by atoms with Crippen LogP contribution >= 0.6 is 0 Å². The minimum atomic E-state index is 0.0594. The second-order valence-corrected chi connectivity index (χ2v) is 5.37. The number of hydrogen-bond acceptors (Lipinski definition) is 8. The van der Waals surface area contributed by atoms with E-state index in [1.165, 1.54) is 0 Å². The summed E-state index contributed by atoms with van der Waals surface area (Å²) in [7, 11) is 1.78. The van der Waals surface area contributed by atoms with Crippen molar-refractivity contribution in [3.8, 4) is 0 Å². The summed E-state index contributed by atoms with van der Waals surface area (Å²) in [4.78, 5) is 22.8. The highest BCUT2D eigenvalue weighted by Gasteiger charge is 2.06. The Labute approximate surface area is 145 Å². The molecule has 1 heterocycles. The van der Waals surface area contributed by atoms with Gasteiger partial charge in [-0.15, -0.1) is 0 Å². The molecule has 0 saturated carbocycles. The zero-order chi connectivity index (χ0) is 17.9. The number of carbonyl (C=O) groups is 2. The Kier molecular flexibility index (Phi) is 17.4. The normalized spacial score (nSPS) is 17.6. The van der Waals surface area contributed by atoms with Gasteiger partial charge in [0.05, 0.1) is 6.54 Å². The number of rotatable bonds is 6. The number of nitrogens with one attached hydrogen (secondary N) is 5. The zero-order valence-corrected chi connectivity index (χ0v) is 14.9. The maximum atomic E-state index is 11.4. The average Bonchev–Trinajstić information content (AvgIpc) is 2.57. The van der Waals surface area contributed by atoms with Gasteiger partial charge in [-0.1, -0.05) is 0 Å². The number of likely N-dealkylation sites (N-methyl/N-ethyl adjacent to an activating group) is 1. The highest BCUT2D eigenvalue weighted by molar-refractivity contribution is 5.77. The lowest BCUT2D eigenvalue weighted by Crippen LogP contribution is -2.44. The minimum Gasteiger partial charge on any atom is -0.354 e. The van der Waals surface area contributed by atoms with Gasteiger partial charge in [0.1, 0.15) is 6.29 Å². The summed E-state index contributed by atoms with van der Waals surface area (Å²) in [5.41, 5.74) is 4.66. The third-order valence-corrected chi connectivity index (χ3v) is 3.35. The topological polar surface area (TPSA) is 124 Å². The van der Waals surface area contributed by atoms with Crippen molar-refractivity contribution >= 4 is 12.2 Å². The summed E-state index contributed by atoms with van der Waals surface area (Å²) in [6.45, 7) is 10.2. The van der Waals surface area contributed by atoms with Crippen LogP contribution in [0.4, 0.5) is 0 Å². The molecule has 0 bridgehead atoms. The van der Waals surface area contributed by atoms with Crippen LogP contribution in [-0.2, 0) is 9.59 Å². The van der Waals surface area contributed by atoms with Gasteiger partial charge >= 0.3 is 0 Å². The molecule has 7 N–H and O–H groups in total. The molecule has 1 aliphatic heterocycles. The van der Waals surface area contributed by atoms with Crippen molar-refractivity contribution in [3.05, 3.63) is 0 Å². The molecule has 0 aliphatic carbocycles. The molecule has 1 fully saturated rings. The first kappa shape index (κ1) is 22.9. The first-order chi connectivity index (χ1) is 11.7. The van der Waals surface area contributed by atoms with Gasteiger partial charge in [0, 0.05) is 72.0 Å². The smallest absolute Gasteiger partial charge is 0.233 e. The van der Waals surface area contributed by atoms with E-state index < -0.39 is 0 Å². The third kappa shape index (κ3) is 15.8. The summed E-state index contributed by atoms with van der Waals surface area (Å²) in [5.74, 6) is 0.0594. The van der Waals surface area contributed by atoms with Crippen LogP contribution in [0.5, 0.6) is 0 Å². The van der Waals surface area contributed by atoms with Crippen LogP contribution in [0.1, 0.15) is 0 Å². The highest BCUT2D eigenvalue weighted by atomic mass is 16.1. The molecule has 9 nitrogen and oxygen atoms in total. The largest absolute Gasteiger partial charge is 0.354 e. The zero-order valence-electron chi connectivity index (χ0n) is 14.9. The molecule has 0 unspecified atom stereocenters. The van der Waals surface area contributed by atoms with Gasteiger partial charge in [-0.2, -0.15) is 0 Å². The number of aldehydes is 1. The van der Waals surface area contributed by atoms with Crippen LogP contribution in [0.2, 0.25) is 0 Å². The summed E-state index contributed by atoms with van der Waals surface area (Å²) in [5, 5.41) is 16.0. The Morgan fingerprint density at radius 2 is 1.58 bits per heavy atom. The van der Waals surface area contributed by atoms with Crippen LogP contribution in [0.25, 0.3) is 0 Å². The lowest BCUT2D eigenvalue weighted by molar-refractivity contribution is -0.120. The molecular weight excluding hydrogens is 310 g/mol. The molecule has 1 saturated heterocycles. The summed E-state index contributed by atoms with van der Waals surface area (Å²) in [6, 6.07) is 0. The van der Waals surface area contributed by atoms with Gasteiger partial charge in [0.25, 0.3) is 0 Å². The third-order valence-electron chi connectivity index (χ3n) is 3.35. The quantitative estimate of drug-likeness (QED) is 0.275. The molecule has 0 aromatic rings. The second-order valence-electron chi connectivity index (χ2n) is 5.37. The Hall–Kier alpha value is -1.10. The first-order valence-corrected chi connectivity index (χ1v) is 8.64. The van der Waals surface area contributed by atoms with Gasteiger partial charge in [-0.05, 0) is 7.05 Å². The molecule has 0 atom stereocenters. The fourth-order valence-corrected chi connectivity index (χ4v) is 2.11. The Bertz CT molecular complexity index is 294. The van der Waals surface area contributed by atoms with Gasteiger partial charge in [-0.3, -0.25) is 9.69 Å². The molecule has 0 spiro atoms. The monoisotopic (exact) mass is 345 g/mol. The number of carbonyl (C=O) groups excluding carboxylic acids is 2. The summed E-state index contributed by atoms with van der Waals surface area (Å²) in [6.07, 6.45) is 0.653. The van der Waals surface area contributed by atoms with Crippen molar-refractivity contribution in [2.24, 2.45) is 5.73 Å². The Morgan fingerprint density at radius 3 is 2.04 bits per heavy atom. The van der Waals surface area contributed by atoms with E-state index in [1.54, 1.807) is 7.05 Å². The fourth-order valence-electron chi connectivity index (χ4n) is 2.11. The van der Waals surface area contributed by atoms with Crippen LogP contribution in [-0.4, -0.2) is 103 Å². The SMILES string of the molecule is CNCC(=O)NCCN1CCNCCNCCNCC1.NCC=O. The van der Waals surface area contributed by atoms with E-state index in [4.69, 9.17) is 4.79 Å². The first-order valence-electron chi connectivity index (χ1n) is 8.64. The van der Waals surface area contributed by atoms with Crippen molar-refractivity contribution in [3.63, 3.8) is 0 Å². The standard InChI is InChI=1S/C13H30N6O.C2H5NO/c1-14-12-13(20)18-8-11-19-9-6-16-4-2-15-3-5-17-7-10-19;3-1-2-4/h14-17H,2-12H2,1H3,(H,18,20);2H,1,3H2. The predicted octanol–water partition coefficient (Wildman–Crippen LogP) is -3.45. The molecule has 1 amide bonds. The molecule has 9 heteroatoms. The molecule has 1 rings (SSSR count). The van der Waals surface area contributed by atoms with E-state index in [0.717, 1.165) is 58.9 Å². The van der Waals surface area contributed by atoms with E-state index in [2.05, 4.69) is 37.2 Å². The van der Waals surface area contributed by atoms with Crippen molar-refractivity contribution in [2.45, 2.75) is 0 Å². The number of hydrogen-bond donors (Lipinski definition) is 6. The van der Waals surface area contributed by atoms with E-state index >= 15 is 0 Å². The molecule has 24 heavy (non-hydrogen) atoms. The van der Waals surface area contributed by atoms with Gasteiger partial charge in [0.15, 0.2) is 0 Å². The predicted molar refractivity (Wildman–Crippen MR) is 97.1 cm³/mol. The van der Waals surface area contributed by atoms with Crippen LogP contribution < -0.4 is 32.3 Å². The van der Waals surface area contributed by atoms with Crippen molar-refractivity contribution in [1.29, 1.82) is 0 Å². The van der Waals surface area contributed by atoms with E-state index in [1.807, 2.05) is 0 Å². The van der Waals surface area contributed by atoms with Gasteiger partial charge < -0.3 is 37.1 Å². The number of amides is 1. The number of nitrogens with zero attached hydrogens (tertiary/aromatic N) is 1. The highest BCUT2D eigenvalue weighted by Crippen LogP contribution is 1.86. The fraction of sp³-hybridized carbons (Fsp3) is 0.867. The summed E-state index contributed by atoms with van der Waals surface area (Å²) < 4.78 is 0. The van der Waals surface area contributed by atoms with E-state index in [0.29, 0.717) is 19.4 Å². The van der Waals surface area contributed by atoms with Gasteiger partial charge in [0.2, 0.25) is 5.91 Å². The molecule has 0 radical (unpaired) electrons. The minimum absolute atomic E-state index is 0.0594. The van der Waals surface area contributed by atoms with Crippen LogP contribution in [0.15, 0.2) is 0 Å². The lowest BCUT2D eigenvalue weighted by Gasteiger charge is -2.23. The Balaban J connectivity index is 0.00000118. The Morgan fingerprint density at radius 1 is 1.08 bits per heavy atom. The van der Waals surface area contributed by atoms with Crippen LogP contribution in [0, 0.1) is 0 Å². The molecular formula is C15H35N7O2. The van der Waals surface area contributed by atoms with Crippen molar-refractivity contribution < 1.29 is 9.59 Å². The molecule has 142 valence electrons. The van der Waals surface area contributed by atoms with Crippen molar-refractivity contribution in [1.82, 2.24) is 31.5 Å². The number of nitrogens with two attached hydrogens (primary N) is 1. The summed E-state index contributed by atoms with van der Waals surface area (Å²) >= 11 is 0. The molecule has 1 aliphatic rings. The van der Waals surface area contributed by atoms with E-state index in [-0.39, 0.29) is 12.5 Å². The maximum Gasteiger partial charge on any atom is 0.233 e. The lowest BCUT2D eigenvalue weighted by atomic mass is 10.4. The van der Waals surface area contributed by atoms with Gasteiger partial charge in [-0.25, -0.2) is 0 Å². The molecule has 0 aromatic heterocycles. The second kappa shape index (κ2) is 18.2. The van der Waals surface area contributed by atoms with Crippen LogP contribution in [0.3, 0.4) is 0 Å². The van der Waals surface area contributed by atoms with Crippen molar-refractivity contribution in [2.75, 3.05) is 85.6 Å².